The van der Waals surface area contributed by atoms with E-state index in [1.54, 1.807) is 0 Å². The van der Waals surface area contributed by atoms with Gasteiger partial charge in [-0.15, -0.1) is 0 Å². The van der Waals surface area contributed by atoms with E-state index in [9.17, 15) is 18.5 Å². The lowest BCUT2D eigenvalue weighted by Crippen LogP contribution is -3.13. The maximum absolute atomic E-state index is 12.9. The first-order valence-electron chi connectivity index (χ1n) is 9.75. The molecule has 0 aromatic heterocycles. The molecule has 0 saturated carbocycles. The Morgan fingerprint density at radius 2 is 1.62 bits per heavy atom. The van der Waals surface area contributed by atoms with E-state index < -0.39 is 14.9 Å². The molecule has 2 aromatic rings. The smallest absolute Gasteiger partial charge is 0.289 e. The second-order valence-corrected chi connectivity index (χ2v) is 10.4. The van der Waals surface area contributed by atoms with Crippen LogP contribution < -0.4 is 4.90 Å². The Bertz CT molecular complexity index is 974. The van der Waals surface area contributed by atoms with Gasteiger partial charge in [-0.2, -0.15) is 4.31 Å². The summed E-state index contributed by atoms with van der Waals surface area (Å²) in [6.45, 7) is 9.43. The van der Waals surface area contributed by atoms with Gasteiger partial charge >= 0.3 is 0 Å². The zero-order valence-corrected chi connectivity index (χ0v) is 17.9. The van der Waals surface area contributed by atoms with Crippen LogP contribution in [0.5, 0.6) is 0 Å². The number of hydrogen-bond donors (Lipinski definition) is 1. The van der Waals surface area contributed by atoms with E-state index in [-0.39, 0.29) is 16.0 Å². The van der Waals surface area contributed by atoms with E-state index in [0.717, 1.165) is 6.54 Å². The third kappa shape index (κ3) is 4.83. The number of nitrogens with one attached hydrogen (secondary N) is 1. The van der Waals surface area contributed by atoms with Crippen LogP contribution in [-0.4, -0.2) is 43.8 Å². The van der Waals surface area contributed by atoms with Gasteiger partial charge in [0, 0.05) is 11.6 Å². The fourth-order valence-electron chi connectivity index (χ4n) is 3.60. The van der Waals surface area contributed by atoms with Gasteiger partial charge in [-0.1, -0.05) is 57.2 Å². The SMILES string of the molecule is CC(C)(C)c1ccc(C[NH+]2CCN(S(=O)(=O)c3ccccc3[N+](=O)[O-])CC2)cc1. The van der Waals surface area contributed by atoms with Crippen LogP contribution in [0.25, 0.3) is 0 Å². The number of quaternary nitrogens is 1. The first-order valence-corrected chi connectivity index (χ1v) is 11.2. The summed E-state index contributed by atoms with van der Waals surface area (Å²) < 4.78 is 27.2. The molecule has 29 heavy (non-hydrogen) atoms. The molecule has 0 bridgehead atoms. The van der Waals surface area contributed by atoms with Crippen molar-refractivity contribution in [3.05, 3.63) is 69.8 Å². The molecule has 8 heteroatoms. The number of sulfonamides is 1. The second-order valence-electron chi connectivity index (χ2n) is 8.50. The van der Waals surface area contributed by atoms with Gasteiger partial charge in [0.05, 0.1) is 31.1 Å². The summed E-state index contributed by atoms with van der Waals surface area (Å²) in [6, 6.07) is 14.1. The first-order chi connectivity index (χ1) is 13.6. The lowest BCUT2D eigenvalue weighted by molar-refractivity contribution is -0.917. The van der Waals surface area contributed by atoms with Crippen molar-refractivity contribution in [3.63, 3.8) is 0 Å². The maximum Gasteiger partial charge on any atom is 0.289 e. The highest BCUT2D eigenvalue weighted by Gasteiger charge is 2.34. The van der Waals surface area contributed by atoms with Crippen LogP contribution in [0.2, 0.25) is 0 Å². The summed E-state index contributed by atoms with van der Waals surface area (Å²) in [4.78, 5) is 11.6. The molecule has 0 aliphatic carbocycles. The number of nitro groups is 1. The number of rotatable bonds is 5. The minimum Gasteiger partial charge on any atom is -0.329 e. The van der Waals surface area contributed by atoms with Crippen molar-refractivity contribution in [2.24, 2.45) is 0 Å². The van der Waals surface area contributed by atoms with Gasteiger partial charge in [-0.25, -0.2) is 8.42 Å². The minimum absolute atomic E-state index is 0.116. The van der Waals surface area contributed by atoms with Crippen molar-refractivity contribution in [2.45, 2.75) is 37.6 Å². The van der Waals surface area contributed by atoms with Crippen molar-refractivity contribution >= 4 is 15.7 Å². The minimum atomic E-state index is -3.88. The average molecular weight is 419 g/mol. The topological polar surface area (TPSA) is 85.0 Å². The van der Waals surface area contributed by atoms with Gasteiger partial charge in [0.15, 0.2) is 4.90 Å². The Morgan fingerprint density at radius 3 is 2.17 bits per heavy atom. The number of benzene rings is 2. The molecule has 3 rings (SSSR count). The molecule has 0 unspecified atom stereocenters. The third-order valence-corrected chi connectivity index (χ3v) is 7.33. The molecule has 0 amide bonds. The summed E-state index contributed by atoms with van der Waals surface area (Å²) in [7, 11) is -3.88. The third-order valence-electron chi connectivity index (χ3n) is 5.38. The highest BCUT2D eigenvalue weighted by atomic mass is 32.2. The van der Waals surface area contributed by atoms with E-state index in [1.165, 1.54) is 44.6 Å². The number of para-hydroxylation sites is 1. The molecule has 1 aliphatic rings. The summed E-state index contributed by atoms with van der Waals surface area (Å²) in [5, 5.41) is 11.2. The Labute approximate surface area is 172 Å². The molecule has 1 heterocycles. The predicted molar refractivity (Wildman–Crippen MR) is 111 cm³/mol. The van der Waals surface area contributed by atoms with Crippen molar-refractivity contribution in [1.29, 1.82) is 0 Å². The molecule has 1 fully saturated rings. The molecule has 0 spiro atoms. The van der Waals surface area contributed by atoms with Crippen LogP contribution in [0.15, 0.2) is 53.4 Å². The van der Waals surface area contributed by atoms with Crippen LogP contribution in [0.3, 0.4) is 0 Å². The quantitative estimate of drug-likeness (QED) is 0.594. The lowest BCUT2D eigenvalue weighted by atomic mass is 9.87. The summed E-state index contributed by atoms with van der Waals surface area (Å²) in [5.74, 6) is 0. The van der Waals surface area contributed by atoms with E-state index in [0.29, 0.717) is 26.2 Å². The van der Waals surface area contributed by atoms with Crippen LogP contribution in [0.4, 0.5) is 5.69 Å². The highest BCUT2D eigenvalue weighted by molar-refractivity contribution is 7.89. The number of nitrogens with zero attached hydrogens (tertiary/aromatic N) is 2. The van der Waals surface area contributed by atoms with Crippen LogP contribution in [0.1, 0.15) is 31.9 Å². The van der Waals surface area contributed by atoms with Gasteiger partial charge in [-0.05, 0) is 17.0 Å². The number of piperazine rings is 1. The second kappa shape index (κ2) is 8.22. The Kier molecular flexibility index (Phi) is 6.07. The Hall–Kier alpha value is -2.29. The normalized spacial score (nSPS) is 16.7. The summed E-state index contributed by atoms with van der Waals surface area (Å²) >= 11 is 0. The van der Waals surface area contributed by atoms with Crippen LogP contribution in [0, 0.1) is 10.1 Å². The van der Waals surface area contributed by atoms with E-state index in [4.69, 9.17) is 0 Å². The maximum atomic E-state index is 12.9. The van der Waals surface area contributed by atoms with Crippen molar-refractivity contribution in [1.82, 2.24) is 4.31 Å². The van der Waals surface area contributed by atoms with Gasteiger partial charge < -0.3 is 4.90 Å². The van der Waals surface area contributed by atoms with Gasteiger partial charge in [0.25, 0.3) is 5.69 Å². The standard InChI is InChI=1S/C21H27N3O4S/c1-21(2,3)18-10-8-17(9-11-18)16-22-12-14-23(15-13-22)29(27,28)20-7-5-4-6-19(20)24(25)26/h4-11H,12-16H2,1-3H3/p+1. The fraction of sp³-hybridized carbons (Fsp3) is 0.429. The first kappa shape index (κ1) is 21.4. The summed E-state index contributed by atoms with van der Waals surface area (Å²) in [5.41, 5.74) is 2.26. The predicted octanol–water partition coefficient (Wildman–Crippen LogP) is 1.98. The van der Waals surface area contributed by atoms with E-state index in [2.05, 4.69) is 45.0 Å². The molecule has 156 valence electrons. The molecular weight excluding hydrogens is 390 g/mol. The zero-order chi connectivity index (χ0) is 21.2. The van der Waals surface area contributed by atoms with Crippen molar-refractivity contribution in [2.75, 3.05) is 26.2 Å². The van der Waals surface area contributed by atoms with E-state index in [1.807, 2.05) is 0 Å². The molecular formula is C21H28N3O4S+. The monoisotopic (exact) mass is 418 g/mol. The molecule has 1 saturated heterocycles. The molecule has 1 N–H and O–H groups in total. The fourth-order valence-corrected chi connectivity index (χ4v) is 5.19. The lowest BCUT2D eigenvalue weighted by Gasteiger charge is -2.31. The van der Waals surface area contributed by atoms with Gasteiger partial charge in [-0.3, -0.25) is 10.1 Å². The zero-order valence-electron chi connectivity index (χ0n) is 17.1. The molecule has 7 nitrogen and oxygen atoms in total. The largest absolute Gasteiger partial charge is 0.329 e. The highest BCUT2D eigenvalue weighted by Crippen LogP contribution is 2.26. The number of nitro benzene ring substituents is 1. The average Bonchev–Trinajstić information content (AvgIpc) is 2.68. The van der Waals surface area contributed by atoms with Crippen molar-refractivity contribution < 1.29 is 18.2 Å². The molecule has 1 aliphatic heterocycles. The van der Waals surface area contributed by atoms with Gasteiger partial charge in [0.2, 0.25) is 10.0 Å². The molecule has 0 atom stereocenters. The molecule has 0 radical (unpaired) electrons. The van der Waals surface area contributed by atoms with Crippen LogP contribution >= 0.6 is 0 Å². The molecule has 2 aromatic carbocycles. The van der Waals surface area contributed by atoms with Gasteiger partial charge in [0.1, 0.15) is 6.54 Å². The Morgan fingerprint density at radius 1 is 1.03 bits per heavy atom. The summed E-state index contributed by atoms with van der Waals surface area (Å²) in [6.07, 6.45) is 0. The Balaban J connectivity index is 1.65. The van der Waals surface area contributed by atoms with Crippen LogP contribution in [-0.2, 0) is 22.0 Å². The number of hydrogen-bond acceptors (Lipinski definition) is 4. The van der Waals surface area contributed by atoms with Crippen molar-refractivity contribution in [3.8, 4) is 0 Å². The van der Waals surface area contributed by atoms with E-state index >= 15 is 0 Å².